The molecule has 0 aliphatic carbocycles. The number of aliphatic hydroxyl groups is 2. The number of aryl methyl sites for hydroxylation is 2. The van der Waals surface area contributed by atoms with Gasteiger partial charge in [-0.25, -0.2) is 28.6 Å². The Balaban J connectivity index is 1.19. The smallest absolute Gasteiger partial charge is 0.386 e. The lowest BCUT2D eigenvalue weighted by molar-refractivity contribution is -0.137. The minimum absolute atomic E-state index is 0.0169. The molecule has 4 rings (SSSR count). The molecule has 0 spiro atoms. The second-order valence-corrected chi connectivity index (χ2v) is 19.2. The number of benzene rings is 1. The lowest BCUT2D eigenvalue weighted by Crippen LogP contribution is -2.46. The highest BCUT2D eigenvalue weighted by molar-refractivity contribution is 8.13. The number of anilines is 1. The van der Waals surface area contributed by atoms with Crippen LogP contribution in [0.3, 0.4) is 0 Å². The average Bonchev–Trinajstić information content (AvgIpc) is 3.71. The fourth-order valence-electron chi connectivity index (χ4n) is 5.37. The van der Waals surface area contributed by atoms with E-state index in [4.69, 9.17) is 19.5 Å². The van der Waals surface area contributed by atoms with Crippen LogP contribution in [0, 0.1) is 12.3 Å². The number of ether oxygens (including phenoxy) is 1. The number of carbonyl (C=O) groups is 3. The number of nitrogens with two attached hydrogens (primary N) is 1. The van der Waals surface area contributed by atoms with Crippen LogP contribution >= 0.6 is 35.2 Å². The summed E-state index contributed by atoms with van der Waals surface area (Å²) in [5.41, 5.74) is 6.44. The maximum absolute atomic E-state index is 12.7. The van der Waals surface area contributed by atoms with Gasteiger partial charge in [-0.2, -0.15) is 4.31 Å². The first kappa shape index (κ1) is 48.4. The maximum atomic E-state index is 12.7. The molecule has 3 aromatic rings. The molecule has 0 saturated carbocycles. The summed E-state index contributed by atoms with van der Waals surface area (Å²) in [6.07, 6.45) is -5.97. The van der Waals surface area contributed by atoms with E-state index >= 15 is 0 Å². The molecule has 24 nitrogen and oxygen atoms in total. The molecule has 1 aromatic carbocycles. The number of aromatic nitrogens is 4. The van der Waals surface area contributed by atoms with Gasteiger partial charge in [0.2, 0.25) is 11.8 Å². The number of imidazole rings is 1. The number of nitrogen functional groups attached to an aromatic ring is 1. The first-order valence-electron chi connectivity index (χ1n) is 17.6. The van der Waals surface area contributed by atoms with E-state index in [0.29, 0.717) is 18.6 Å². The van der Waals surface area contributed by atoms with E-state index < -0.39 is 84.6 Å². The quantitative estimate of drug-likeness (QED) is 0.0492. The number of thioether (sulfide) groups is 1. The van der Waals surface area contributed by atoms with Gasteiger partial charge in [0.1, 0.15) is 36.3 Å². The van der Waals surface area contributed by atoms with E-state index in [1.54, 1.807) is 0 Å². The Morgan fingerprint density at radius 2 is 1.68 bits per heavy atom. The molecular formula is C31H46N7O17P3S. The Labute approximate surface area is 341 Å². The summed E-state index contributed by atoms with van der Waals surface area (Å²) >= 11 is 1.09. The molecular weight excluding hydrogens is 867 g/mol. The lowest BCUT2D eigenvalue weighted by atomic mass is 9.87. The monoisotopic (exact) mass is 913 g/mol. The second-order valence-electron chi connectivity index (χ2n) is 13.8. The lowest BCUT2D eigenvalue weighted by Gasteiger charge is -2.30. The number of nitrogens with one attached hydrogen (secondary N) is 2. The number of amides is 2. The zero-order valence-electron chi connectivity index (χ0n) is 31.8. The van der Waals surface area contributed by atoms with Crippen molar-refractivity contribution >= 4 is 69.1 Å². The number of phosphoric acid groups is 3. The van der Waals surface area contributed by atoms with Crippen molar-refractivity contribution in [3.05, 3.63) is 48.0 Å². The van der Waals surface area contributed by atoms with E-state index in [1.165, 1.54) is 13.8 Å². The third kappa shape index (κ3) is 14.7. The molecule has 1 fully saturated rings. The molecule has 28 heteroatoms. The van der Waals surface area contributed by atoms with Gasteiger partial charge in [0.15, 0.2) is 22.8 Å². The molecule has 59 heavy (non-hydrogen) atoms. The molecule has 0 bridgehead atoms. The number of hydrogen-bond donors (Lipinski definition) is 9. The molecule has 1 saturated heterocycles. The summed E-state index contributed by atoms with van der Waals surface area (Å²) in [6, 6.07) is 7.88. The minimum Gasteiger partial charge on any atom is -0.386 e. The Hall–Kier alpha value is -3.22. The standard InChI is InChI=1S/C31H46N7O17P3S/c1-18-4-6-19(7-5-18)8-9-22(40)59-13-12-33-21(39)10-11-34-29(43)26(42)31(2,3)15-52-58(49,50)55-57(47,48)51-14-20-25(54-56(44,45)46)24(41)30(53-20)38-17-37-23-27(32)35-16-36-28(23)38/h4-7,16-17,20,24-26,30,41-42H,8-15H2,1-3H3,(H,33,39)(H,34,43)(H,47,48)(H,49,50)(H2,32,35,36)(H2,44,45,46). The first-order chi connectivity index (χ1) is 27.5. The van der Waals surface area contributed by atoms with Gasteiger partial charge in [-0.3, -0.25) is 32.5 Å². The van der Waals surface area contributed by atoms with Crippen LogP contribution in [-0.4, -0.2) is 123 Å². The highest BCUT2D eigenvalue weighted by atomic mass is 32.2. The fourth-order valence-corrected chi connectivity index (χ4v) is 8.88. The Morgan fingerprint density at radius 3 is 2.36 bits per heavy atom. The molecule has 7 unspecified atom stereocenters. The molecule has 328 valence electrons. The largest absolute Gasteiger partial charge is 0.481 e. The number of carbonyl (C=O) groups excluding carboxylic acids is 3. The predicted octanol–water partition coefficient (Wildman–Crippen LogP) is 0.606. The zero-order valence-corrected chi connectivity index (χ0v) is 35.3. The molecule has 1 aliphatic rings. The summed E-state index contributed by atoms with van der Waals surface area (Å²) in [5.74, 6) is -1.11. The van der Waals surface area contributed by atoms with Crippen molar-refractivity contribution in [2.75, 3.05) is 37.8 Å². The van der Waals surface area contributed by atoms with Crippen LogP contribution in [0.15, 0.2) is 36.9 Å². The van der Waals surface area contributed by atoms with Gasteiger partial charge in [0.25, 0.3) is 0 Å². The van der Waals surface area contributed by atoms with Crippen molar-refractivity contribution in [2.45, 2.75) is 70.7 Å². The Kier molecular flexibility index (Phi) is 16.9. The molecule has 1 aliphatic heterocycles. The van der Waals surface area contributed by atoms with E-state index in [0.717, 1.165) is 40.1 Å². The van der Waals surface area contributed by atoms with Crippen LogP contribution in [-0.2, 0) is 57.1 Å². The molecule has 7 atom stereocenters. The summed E-state index contributed by atoms with van der Waals surface area (Å²) in [7, 11) is -16.4. The number of rotatable bonds is 22. The first-order valence-corrected chi connectivity index (χ1v) is 23.1. The second kappa shape index (κ2) is 20.6. The number of hydrogen-bond acceptors (Lipinski definition) is 18. The number of aliphatic hydroxyl groups excluding tert-OH is 2. The van der Waals surface area contributed by atoms with Crippen LogP contribution < -0.4 is 16.4 Å². The van der Waals surface area contributed by atoms with Crippen molar-refractivity contribution in [1.29, 1.82) is 0 Å². The van der Waals surface area contributed by atoms with E-state index in [9.17, 15) is 57.9 Å². The third-order valence-electron chi connectivity index (χ3n) is 8.50. The van der Waals surface area contributed by atoms with Crippen molar-refractivity contribution < 1.29 is 80.5 Å². The van der Waals surface area contributed by atoms with Gasteiger partial charge < -0.3 is 50.9 Å². The van der Waals surface area contributed by atoms with Gasteiger partial charge in [-0.1, -0.05) is 55.4 Å². The summed E-state index contributed by atoms with van der Waals surface area (Å²) in [4.78, 5) is 88.0. The van der Waals surface area contributed by atoms with Crippen LogP contribution in [0.1, 0.15) is 44.0 Å². The molecule has 3 heterocycles. The highest BCUT2D eigenvalue weighted by Crippen LogP contribution is 2.61. The summed E-state index contributed by atoms with van der Waals surface area (Å²) in [5, 5.41) is 26.4. The van der Waals surface area contributed by atoms with Crippen LogP contribution in [0.4, 0.5) is 5.82 Å². The molecule has 0 radical (unpaired) electrons. The van der Waals surface area contributed by atoms with E-state index in [2.05, 4.69) is 34.4 Å². The number of fused-ring (bicyclic) bond motifs is 1. The van der Waals surface area contributed by atoms with Gasteiger partial charge in [-0.15, -0.1) is 0 Å². The van der Waals surface area contributed by atoms with Gasteiger partial charge >= 0.3 is 23.5 Å². The van der Waals surface area contributed by atoms with E-state index in [1.807, 2.05) is 31.2 Å². The van der Waals surface area contributed by atoms with Crippen LogP contribution in [0.25, 0.3) is 11.2 Å². The van der Waals surface area contributed by atoms with Gasteiger partial charge in [0, 0.05) is 37.1 Å². The predicted molar refractivity (Wildman–Crippen MR) is 207 cm³/mol. The molecule has 2 aromatic heterocycles. The van der Waals surface area contributed by atoms with Crippen molar-refractivity contribution in [1.82, 2.24) is 30.2 Å². The van der Waals surface area contributed by atoms with Crippen LogP contribution in [0.2, 0.25) is 0 Å². The van der Waals surface area contributed by atoms with Crippen molar-refractivity contribution in [3.8, 4) is 0 Å². The average molecular weight is 914 g/mol. The topological polar surface area (TPSA) is 364 Å². The van der Waals surface area contributed by atoms with E-state index in [-0.39, 0.29) is 41.6 Å². The highest BCUT2D eigenvalue weighted by Gasteiger charge is 2.50. The van der Waals surface area contributed by atoms with Gasteiger partial charge in [-0.05, 0) is 18.9 Å². The normalized spacial score (nSPS) is 21.1. The molecule has 2 amide bonds. The SMILES string of the molecule is Cc1ccc(CCC(=O)SCCNC(=O)CCNC(=O)C(O)C(C)(C)COP(=O)(O)OP(=O)(O)OCC2OC(n3cnc4c(N)ncnc43)C(O)C2OP(=O)(O)O)cc1. The summed E-state index contributed by atoms with van der Waals surface area (Å²) in [6.45, 7) is 2.47. The Morgan fingerprint density at radius 1 is 1.00 bits per heavy atom. The van der Waals surface area contributed by atoms with Gasteiger partial charge in [0.05, 0.1) is 19.5 Å². The fraction of sp³-hybridized carbons (Fsp3) is 0.548. The van der Waals surface area contributed by atoms with Crippen molar-refractivity contribution in [2.24, 2.45) is 5.41 Å². The van der Waals surface area contributed by atoms with Crippen molar-refractivity contribution in [3.63, 3.8) is 0 Å². The molecule has 10 N–H and O–H groups in total. The van der Waals surface area contributed by atoms with Crippen LogP contribution in [0.5, 0.6) is 0 Å². The number of nitrogens with zero attached hydrogens (tertiary/aromatic N) is 4. The Bertz CT molecular complexity index is 2090. The summed E-state index contributed by atoms with van der Waals surface area (Å²) < 4.78 is 62.2. The number of phosphoric ester groups is 3. The third-order valence-corrected chi connectivity index (χ3v) is 12.5. The zero-order chi connectivity index (χ0) is 43.8. The maximum Gasteiger partial charge on any atom is 0.481 e. The minimum atomic E-state index is -5.57.